The Morgan fingerprint density at radius 2 is 2.04 bits per heavy atom. The summed E-state index contributed by atoms with van der Waals surface area (Å²) in [5.74, 6) is 0. The fourth-order valence-corrected chi connectivity index (χ4v) is 3.20. The largest absolute Gasteiger partial charge is 0.382 e. The van der Waals surface area contributed by atoms with Crippen LogP contribution in [0.25, 0.3) is 0 Å². The SMILES string of the molecule is CC(C)n1cc([C@@]2(O)CCCN(CCc3ccccc3)C2)nn1. The molecule has 0 spiro atoms. The van der Waals surface area contributed by atoms with E-state index in [0.29, 0.717) is 12.2 Å². The number of likely N-dealkylation sites (tertiary alicyclic amines) is 1. The fraction of sp³-hybridized carbons (Fsp3) is 0.556. The molecule has 1 atom stereocenters. The van der Waals surface area contributed by atoms with Gasteiger partial charge in [-0.15, -0.1) is 5.10 Å². The molecule has 0 amide bonds. The van der Waals surface area contributed by atoms with E-state index in [4.69, 9.17) is 0 Å². The molecule has 3 rings (SSSR count). The highest BCUT2D eigenvalue weighted by molar-refractivity contribution is 5.15. The van der Waals surface area contributed by atoms with Crippen LogP contribution in [0.5, 0.6) is 0 Å². The molecule has 1 saturated heterocycles. The predicted octanol–water partition coefficient (Wildman–Crippen LogP) is 2.39. The fourth-order valence-electron chi connectivity index (χ4n) is 3.20. The van der Waals surface area contributed by atoms with Crippen LogP contribution >= 0.6 is 0 Å². The Bertz CT molecular complexity index is 625. The second-order valence-electron chi connectivity index (χ2n) is 6.82. The molecule has 23 heavy (non-hydrogen) atoms. The Morgan fingerprint density at radius 1 is 1.26 bits per heavy atom. The van der Waals surface area contributed by atoms with Crippen molar-refractivity contribution in [2.45, 2.75) is 44.8 Å². The van der Waals surface area contributed by atoms with Crippen LogP contribution in [0.3, 0.4) is 0 Å². The summed E-state index contributed by atoms with van der Waals surface area (Å²) in [6.07, 6.45) is 4.65. The van der Waals surface area contributed by atoms with Crippen LogP contribution < -0.4 is 0 Å². The van der Waals surface area contributed by atoms with Gasteiger partial charge in [-0.3, -0.25) is 4.90 Å². The molecule has 5 heteroatoms. The van der Waals surface area contributed by atoms with Gasteiger partial charge in [0.25, 0.3) is 0 Å². The first-order valence-electron chi connectivity index (χ1n) is 8.48. The van der Waals surface area contributed by atoms with E-state index in [0.717, 1.165) is 32.4 Å². The number of benzene rings is 1. The second-order valence-corrected chi connectivity index (χ2v) is 6.82. The molecule has 1 fully saturated rings. The van der Waals surface area contributed by atoms with Crippen LogP contribution in [0.1, 0.15) is 44.0 Å². The number of piperidine rings is 1. The molecule has 2 heterocycles. The third kappa shape index (κ3) is 3.79. The van der Waals surface area contributed by atoms with Crippen LogP contribution in [-0.4, -0.2) is 44.6 Å². The molecule has 1 N–H and O–H groups in total. The van der Waals surface area contributed by atoms with Crippen molar-refractivity contribution in [1.29, 1.82) is 0 Å². The maximum Gasteiger partial charge on any atom is 0.123 e. The van der Waals surface area contributed by atoms with Gasteiger partial charge in [-0.05, 0) is 45.2 Å². The minimum atomic E-state index is -0.873. The van der Waals surface area contributed by atoms with Gasteiger partial charge in [0.1, 0.15) is 11.3 Å². The van der Waals surface area contributed by atoms with E-state index in [-0.39, 0.29) is 6.04 Å². The highest BCUT2D eigenvalue weighted by Gasteiger charge is 2.37. The van der Waals surface area contributed by atoms with Gasteiger partial charge in [-0.2, -0.15) is 0 Å². The standard InChI is InChI=1S/C18H26N4O/c1-15(2)22-13-17(19-20-22)18(23)10-6-11-21(14-18)12-9-16-7-4-3-5-8-16/h3-5,7-8,13,15,23H,6,9-12,14H2,1-2H3/t18-/m1/s1. The molecule has 0 unspecified atom stereocenters. The van der Waals surface area contributed by atoms with Gasteiger partial charge in [-0.25, -0.2) is 4.68 Å². The highest BCUT2D eigenvalue weighted by atomic mass is 16.3. The first-order chi connectivity index (χ1) is 11.1. The number of hydrogen-bond donors (Lipinski definition) is 1. The van der Waals surface area contributed by atoms with Gasteiger partial charge < -0.3 is 5.11 Å². The van der Waals surface area contributed by atoms with Crippen molar-refractivity contribution in [3.63, 3.8) is 0 Å². The van der Waals surface area contributed by atoms with Gasteiger partial charge in [0.2, 0.25) is 0 Å². The first-order valence-corrected chi connectivity index (χ1v) is 8.48. The molecule has 0 saturated carbocycles. The Hall–Kier alpha value is -1.72. The van der Waals surface area contributed by atoms with Gasteiger partial charge in [0.05, 0.1) is 6.20 Å². The Morgan fingerprint density at radius 3 is 2.74 bits per heavy atom. The Kier molecular flexibility index (Phi) is 4.78. The molecule has 0 aliphatic carbocycles. The molecule has 1 aromatic carbocycles. The summed E-state index contributed by atoms with van der Waals surface area (Å²) in [5.41, 5.74) is 1.17. The minimum Gasteiger partial charge on any atom is -0.382 e. The normalized spacial score (nSPS) is 22.6. The third-order valence-electron chi connectivity index (χ3n) is 4.63. The minimum absolute atomic E-state index is 0.262. The number of nitrogens with zero attached hydrogens (tertiary/aromatic N) is 4. The summed E-state index contributed by atoms with van der Waals surface area (Å²) < 4.78 is 1.82. The summed E-state index contributed by atoms with van der Waals surface area (Å²) in [6.45, 7) is 6.76. The lowest BCUT2D eigenvalue weighted by molar-refractivity contribution is -0.0385. The molecule has 2 aromatic rings. The average Bonchev–Trinajstić information content (AvgIpc) is 3.05. The van der Waals surface area contributed by atoms with E-state index in [9.17, 15) is 5.11 Å². The lowest BCUT2D eigenvalue weighted by Crippen LogP contribution is -2.47. The first kappa shape index (κ1) is 16.1. The molecule has 0 radical (unpaired) electrons. The summed E-state index contributed by atoms with van der Waals surface area (Å²) in [5, 5.41) is 19.4. The van der Waals surface area contributed by atoms with Gasteiger partial charge >= 0.3 is 0 Å². The number of aliphatic hydroxyl groups is 1. The van der Waals surface area contributed by atoms with Crippen LogP contribution in [0.4, 0.5) is 0 Å². The maximum absolute atomic E-state index is 11.0. The maximum atomic E-state index is 11.0. The van der Waals surface area contributed by atoms with E-state index in [1.54, 1.807) is 0 Å². The van der Waals surface area contributed by atoms with Crippen molar-refractivity contribution in [2.75, 3.05) is 19.6 Å². The van der Waals surface area contributed by atoms with Crippen molar-refractivity contribution in [3.05, 3.63) is 47.8 Å². The predicted molar refractivity (Wildman–Crippen MR) is 90.1 cm³/mol. The number of rotatable bonds is 5. The highest BCUT2D eigenvalue weighted by Crippen LogP contribution is 2.30. The van der Waals surface area contributed by atoms with E-state index in [1.165, 1.54) is 5.56 Å². The summed E-state index contributed by atoms with van der Waals surface area (Å²) in [4.78, 5) is 2.34. The summed E-state index contributed by atoms with van der Waals surface area (Å²) in [7, 11) is 0. The van der Waals surface area contributed by atoms with E-state index in [2.05, 4.69) is 53.3 Å². The zero-order chi connectivity index (χ0) is 16.3. The van der Waals surface area contributed by atoms with Crippen molar-refractivity contribution < 1.29 is 5.11 Å². The van der Waals surface area contributed by atoms with Crippen LogP contribution in [0.2, 0.25) is 0 Å². The smallest absolute Gasteiger partial charge is 0.123 e. The Labute approximate surface area is 137 Å². The summed E-state index contributed by atoms with van der Waals surface area (Å²) in [6, 6.07) is 10.8. The number of hydrogen-bond acceptors (Lipinski definition) is 4. The van der Waals surface area contributed by atoms with Crippen molar-refractivity contribution in [3.8, 4) is 0 Å². The van der Waals surface area contributed by atoms with Crippen LogP contribution in [0, 0.1) is 0 Å². The van der Waals surface area contributed by atoms with Crippen molar-refractivity contribution >= 4 is 0 Å². The second kappa shape index (κ2) is 6.81. The third-order valence-corrected chi connectivity index (χ3v) is 4.63. The van der Waals surface area contributed by atoms with E-state index < -0.39 is 5.60 Å². The molecule has 1 aliphatic rings. The molecule has 1 aliphatic heterocycles. The lowest BCUT2D eigenvalue weighted by atomic mass is 9.90. The topological polar surface area (TPSA) is 54.2 Å². The molecule has 0 bridgehead atoms. The number of β-amino-alcohol motifs (C(OH)–C–C–N with tert-alkyl or cyclic N) is 1. The molecule has 1 aromatic heterocycles. The molecule has 124 valence electrons. The van der Waals surface area contributed by atoms with Crippen LogP contribution in [-0.2, 0) is 12.0 Å². The van der Waals surface area contributed by atoms with Crippen molar-refractivity contribution in [2.24, 2.45) is 0 Å². The molecular formula is C18H26N4O. The summed E-state index contributed by atoms with van der Waals surface area (Å²) >= 11 is 0. The van der Waals surface area contributed by atoms with Crippen molar-refractivity contribution in [1.82, 2.24) is 19.9 Å². The van der Waals surface area contributed by atoms with E-state index >= 15 is 0 Å². The van der Waals surface area contributed by atoms with Gasteiger partial charge in [0.15, 0.2) is 0 Å². The zero-order valence-corrected chi connectivity index (χ0v) is 14.0. The van der Waals surface area contributed by atoms with Gasteiger partial charge in [0, 0.05) is 19.1 Å². The lowest BCUT2D eigenvalue weighted by Gasteiger charge is -2.38. The zero-order valence-electron chi connectivity index (χ0n) is 14.0. The Balaban J connectivity index is 1.64. The molecular weight excluding hydrogens is 288 g/mol. The quantitative estimate of drug-likeness (QED) is 0.920. The van der Waals surface area contributed by atoms with E-state index in [1.807, 2.05) is 16.9 Å². The van der Waals surface area contributed by atoms with Gasteiger partial charge in [-0.1, -0.05) is 35.5 Å². The monoisotopic (exact) mass is 314 g/mol. The average molecular weight is 314 g/mol. The number of aromatic nitrogens is 3. The molecule has 5 nitrogen and oxygen atoms in total. The van der Waals surface area contributed by atoms with Crippen LogP contribution in [0.15, 0.2) is 36.5 Å².